The van der Waals surface area contributed by atoms with Crippen LogP contribution in [-0.4, -0.2) is 33.1 Å². The van der Waals surface area contributed by atoms with Crippen LogP contribution in [0.3, 0.4) is 0 Å². The summed E-state index contributed by atoms with van der Waals surface area (Å²) in [4.78, 5) is 28.9. The lowest BCUT2D eigenvalue weighted by Gasteiger charge is -2.08. The zero-order valence-corrected chi connectivity index (χ0v) is 18.8. The molecule has 0 saturated heterocycles. The number of rotatable bonds is 8. The number of hydrogen-bond acceptors (Lipinski definition) is 6. The van der Waals surface area contributed by atoms with E-state index < -0.39 is 0 Å². The number of nitrogens with zero attached hydrogens (tertiary/aromatic N) is 4. The predicted molar refractivity (Wildman–Crippen MR) is 132 cm³/mol. The lowest BCUT2D eigenvalue weighted by Crippen LogP contribution is -2.25. The van der Waals surface area contributed by atoms with E-state index >= 15 is 0 Å². The maximum atomic E-state index is 12.6. The van der Waals surface area contributed by atoms with Crippen LogP contribution in [-0.2, 0) is 6.42 Å². The van der Waals surface area contributed by atoms with Crippen LogP contribution >= 0.6 is 0 Å². The quantitative estimate of drug-likeness (QED) is 0.341. The van der Waals surface area contributed by atoms with Crippen molar-refractivity contribution < 1.29 is 9.59 Å². The number of amides is 2. The van der Waals surface area contributed by atoms with E-state index in [0.29, 0.717) is 53.3 Å². The molecule has 0 atom stereocenters. The Morgan fingerprint density at radius 1 is 1.00 bits per heavy atom. The maximum absolute atomic E-state index is 12.6. The highest BCUT2D eigenvalue weighted by Crippen LogP contribution is 2.21. The van der Waals surface area contributed by atoms with E-state index in [1.165, 1.54) is 6.20 Å². The molecule has 2 heterocycles. The summed E-state index contributed by atoms with van der Waals surface area (Å²) in [7, 11) is 0. The summed E-state index contributed by atoms with van der Waals surface area (Å²) in [6.45, 7) is 0.383. The molecule has 0 radical (unpaired) electrons. The number of aromatic nitrogens is 3. The highest BCUT2D eigenvalue weighted by molar-refractivity contribution is 6.04. The van der Waals surface area contributed by atoms with E-state index in [-0.39, 0.29) is 11.8 Å². The van der Waals surface area contributed by atoms with Crippen molar-refractivity contribution in [2.75, 3.05) is 17.6 Å². The summed E-state index contributed by atoms with van der Waals surface area (Å²) in [5.74, 6) is -0.279. The smallest absolute Gasteiger partial charge is 0.257 e. The average Bonchev–Trinajstić information content (AvgIpc) is 3.22. The molecule has 4 aromatic rings. The Bertz CT molecular complexity index is 1380. The minimum Gasteiger partial charge on any atom is -0.382 e. The highest BCUT2D eigenvalue weighted by Gasteiger charge is 2.16. The third-order valence-corrected chi connectivity index (χ3v) is 5.29. The zero-order chi connectivity index (χ0) is 24.6. The molecule has 0 bridgehead atoms. The van der Waals surface area contributed by atoms with E-state index in [0.717, 1.165) is 5.69 Å². The fourth-order valence-corrected chi connectivity index (χ4v) is 3.54. The lowest BCUT2D eigenvalue weighted by atomic mass is 10.1. The van der Waals surface area contributed by atoms with E-state index in [1.807, 2.05) is 30.3 Å². The number of carbonyl (C=O) groups is 2. The standard InChI is InChI=1S/C26H23N7O2/c27-16-22-23(32-33(24(22)28)21-10-2-1-3-11-21)12-6-14-30-25(34)18-7-4-9-20(15-18)31-26(35)19-8-5-13-29-17-19/h1-5,7-11,13,15,17H,6,12,14,28H2,(H,30,34)(H,31,35). The summed E-state index contributed by atoms with van der Waals surface area (Å²) >= 11 is 0. The van der Waals surface area contributed by atoms with Crippen molar-refractivity contribution in [1.82, 2.24) is 20.1 Å². The van der Waals surface area contributed by atoms with Crippen molar-refractivity contribution >= 4 is 23.3 Å². The summed E-state index contributed by atoms with van der Waals surface area (Å²) in [5.41, 5.74) is 9.19. The first-order valence-corrected chi connectivity index (χ1v) is 11.0. The Morgan fingerprint density at radius 2 is 1.80 bits per heavy atom. The van der Waals surface area contributed by atoms with Crippen LogP contribution in [0.1, 0.15) is 38.4 Å². The van der Waals surface area contributed by atoms with Gasteiger partial charge in [0.05, 0.1) is 16.9 Å². The first-order chi connectivity index (χ1) is 17.1. The molecule has 35 heavy (non-hydrogen) atoms. The third kappa shape index (κ3) is 5.51. The average molecular weight is 466 g/mol. The summed E-state index contributed by atoms with van der Waals surface area (Å²) in [6.07, 6.45) is 4.12. The Balaban J connectivity index is 1.33. The number of carbonyl (C=O) groups excluding carboxylic acids is 2. The molecule has 9 nitrogen and oxygen atoms in total. The molecular formula is C26H23N7O2. The van der Waals surface area contributed by atoms with E-state index in [1.54, 1.807) is 47.3 Å². The first-order valence-electron chi connectivity index (χ1n) is 11.0. The van der Waals surface area contributed by atoms with Gasteiger partial charge < -0.3 is 16.4 Å². The van der Waals surface area contributed by atoms with Crippen LogP contribution in [0.5, 0.6) is 0 Å². The molecule has 0 fully saturated rings. The predicted octanol–water partition coefficient (Wildman–Crippen LogP) is 3.34. The Kier molecular flexibility index (Phi) is 7.13. The number of nitrogens with two attached hydrogens (primary N) is 1. The van der Waals surface area contributed by atoms with Crippen LogP contribution in [0.25, 0.3) is 5.69 Å². The van der Waals surface area contributed by atoms with Crippen LogP contribution in [0, 0.1) is 11.3 Å². The minimum absolute atomic E-state index is 0.266. The number of anilines is 2. The van der Waals surface area contributed by atoms with Crippen molar-refractivity contribution in [3.8, 4) is 11.8 Å². The normalized spacial score (nSPS) is 10.4. The van der Waals surface area contributed by atoms with Crippen molar-refractivity contribution in [2.45, 2.75) is 12.8 Å². The number of hydrogen-bond donors (Lipinski definition) is 3. The number of para-hydroxylation sites is 1. The molecular weight excluding hydrogens is 442 g/mol. The first kappa shape index (κ1) is 23.2. The molecule has 0 spiro atoms. The SMILES string of the molecule is N#Cc1c(CCCNC(=O)c2cccc(NC(=O)c3cccnc3)c2)nn(-c2ccccc2)c1N. The Hall–Kier alpha value is -4.97. The highest BCUT2D eigenvalue weighted by atomic mass is 16.2. The monoisotopic (exact) mass is 465 g/mol. The fourth-order valence-electron chi connectivity index (χ4n) is 3.54. The second-order valence-electron chi connectivity index (χ2n) is 7.70. The Labute approximate surface area is 202 Å². The Morgan fingerprint density at radius 3 is 2.54 bits per heavy atom. The number of aryl methyl sites for hydroxylation is 1. The van der Waals surface area contributed by atoms with Gasteiger partial charge in [0, 0.05) is 30.2 Å². The molecule has 0 aliphatic carbocycles. The van der Waals surface area contributed by atoms with Crippen LogP contribution in [0.4, 0.5) is 11.5 Å². The van der Waals surface area contributed by atoms with Crippen molar-refractivity contribution in [2.24, 2.45) is 0 Å². The molecule has 0 saturated carbocycles. The van der Waals surface area contributed by atoms with Gasteiger partial charge in [0.15, 0.2) is 0 Å². The van der Waals surface area contributed by atoms with Crippen molar-refractivity contribution in [3.05, 3.63) is 102 Å². The molecule has 0 aliphatic rings. The molecule has 174 valence electrons. The van der Waals surface area contributed by atoms with Crippen LogP contribution in [0.15, 0.2) is 79.1 Å². The second kappa shape index (κ2) is 10.8. The van der Waals surface area contributed by atoms with Gasteiger partial charge in [0.25, 0.3) is 11.8 Å². The van der Waals surface area contributed by atoms with E-state index in [9.17, 15) is 14.9 Å². The van der Waals surface area contributed by atoms with Gasteiger partial charge in [-0.05, 0) is 55.3 Å². The fraction of sp³-hybridized carbons (Fsp3) is 0.115. The van der Waals surface area contributed by atoms with E-state index in [2.05, 4.69) is 26.8 Å². The van der Waals surface area contributed by atoms with Crippen molar-refractivity contribution in [3.63, 3.8) is 0 Å². The number of nitrogens with one attached hydrogen (secondary N) is 2. The number of nitrogen functional groups attached to an aromatic ring is 1. The van der Waals surface area contributed by atoms with Crippen molar-refractivity contribution in [1.29, 1.82) is 5.26 Å². The van der Waals surface area contributed by atoms with Gasteiger partial charge in [-0.2, -0.15) is 10.4 Å². The minimum atomic E-state index is -0.307. The molecule has 2 aromatic carbocycles. The van der Waals surface area contributed by atoms with Gasteiger partial charge in [0.1, 0.15) is 17.5 Å². The molecule has 0 aliphatic heterocycles. The van der Waals surface area contributed by atoms with Gasteiger partial charge in [-0.1, -0.05) is 24.3 Å². The van der Waals surface area contributed by atoms with Gasteiger partial charge in [-0.25, -0.2) is 4.68 Å². The van der Waals surface area contributed by atoms with Gasteiger partial charge in [-0.15, -0.1) is 0 Å². The van der Waals surface area contributed by atoms with Crippen LogP contribution in [0.2, 0.25) is 0 Å². The molecule has 0 unspecified atom stereocenters. The maximum Gasteiger partial charge on any atom is 0.257 e. The molecule has 4 rings (SSSR count). The van der Waals surface area contributed by atoms with Gasteiger partial charge in [0.2, 0.25) is 0 Å². The van der Waals surface area contributed by atoms with Gasteiger partial charge in [-0.3, -0.25) is 14.6 Å². The van der Waals surface area contributed by atoms with Crippen LogP contribution < -0.4 is 16.4 Å². The lowest BCUT2D eigenvalue weighted by molar-refractivity contribution is 0.0951. The van der Waals surface area contributed by atoms with E-state index in [4.69, 9.17) is 5.73 Å². The zero-order valence-electron chi connectivity index (χ0n) is 18.8. The summed E-state index contributed by atoms with van der Waals surface area (Å²) < 4.78 is 1.55. The molecule has 2 aromatic heterocycles. The largest absolute Gasteiger partial charge is 0.382 e. The number of benzene rings is 2. The number of nitriles is 1. The molecule has 4 N–H and O–H groups in total. The number of pyridine rings is 1. The summed E-state index contributed by atoms with van der Waals surface area (Å²) in [5, 5.41) is 19.7. The summed E-state index contributed by atoms with van der Waals surface area (Å²) in [6, 6.07) is 21.5. The van der Waals surface area contributed by atoms with Gasteiger partial charge >= 0.3 is 0 Å². The third-order valence-electron chi connectivity index (χ3n) is 5.29. The second-order valence-corrected chi connectivity index (χ2v) is 7.70. The molecule has 9 heteroatoms. The molecule has 2 amide bonds. The topological polar surface area (TPSA) is 139 Å².